The zero-order chi connectivity index (χ0) is 9.84. The quantitative estimate of drug-likeness (QED) is 0.598. The highest BCUT2D eigenvalue weighted by Crippen LogP contribution is 2.21. The van der Waals surface area contributed by atoms with Gasteiger partial charge in [0.25, 0.3) is 5.24 Å². The summed E-state index contributed by atoms with van der Waals surface area (Å²) >= 11 is 1.17. The second-order valence-electron chi connectivity index (χ2n) is 2.83. The van der Waals surface area contributed by atoms with Crippen molar-refractivity contribution in [1.29, 1.82) is 0 Å². The van der Waals surface area contributed by atoms with Gasteiger partial charge in [0.1, 0.15) is 0 Å². The number of hydrogen-bond donors (Lipinski definition) is 1. The number of amides is 1. The molecule has 14 heavy (non-hydrogen) atoms. The second-order valence-corrected chi connectivity index (χ2v) is 3.86. The first-order valence-electron chi connectivity index (χ1n) is 3.84. The van der Waals surface area contributed by atoms with Crippen molar-refractivity contribution < 1.29 is 4.79 Å². The van der Waals surface area contributed by atoms with Crippen molar-refractivity contribution >= 4 is 35.1 Å². The standard InChI is InChI=1S/C9H12N2OS.ClH/c1-11(2)9(12)13-8-5-3-4-7(10)6-8;/h3-6H,10H2,1-2H3;1H. The number of thioether (sulfide) groups is 1. The molecular weight excluding hydrogens is 220 g/mol. The van der Waals surface area contributed by atoms with Crippen LogP contribution in [0.2, 0.25) is 0 Å². The number of hydrogen-bond acceptors (Lipinski definition) is 3. The minimum atomic E-state index is 0. The van der Waals surface area contributed by atoms with Gasteiger partial charge in [-0.25, -0.2) is 0 Å². The van der Waals surface area contributed by atoms with Crippen LogP contribution < -0.4 is 5.73 Å². The Balaban J connectivity index is 0.00000169. The Hall–Kier alpha value is -0.870. The van der Waals surface area contributed by atoms with Crippen LogP contribution in [0.5, 0.6) is 0 Å². The molecule has 1 rings (SSSR count). The number of benzene rings is 1. The van der Waals surface area contributed by atoms with Gasteiger partial charge in [-0.2, -0.15) is 0 Å². The average Bonchev–Trinajstić information content (AvgIpc) is 2.04. The molecule has 0 unspecified atom stereocenters. The predicted molar refractivity (Wildman–Crippen MR) is 63.0 cm³/mol. The lowest BCUT2D eigenvalue weighted by atomic mass is 10.3. The molecule has 0 aliphatic rings. The number of rotatable bonds is 1. The number of nitrogens with zero attached hydrogens (tertiary/aromatic N) is 1. The number of anilines is 1. The Bertz CT molecular complexity index is 317. The maximum absolute atomic E-state index is 11.3. The number of carbonyl (C=O) groups excluding carboxylic acids is 1. The molecule has 0 aliphatic heterocycles. The van der Waals surface area contributed by atoms with Gasteiger partial charge in [-0.1, -0.05) is 6.07 Å². The summed E-state index contributed by atoms with van der Waals surface area (Å²) in [6.45, 7) is 0. The van der Waals surface area contributed by atoms with Crippen LogP contribution in [-0.2, 0) is 0 Å². The fraction of sp³-hybridized carbons (Fsp3) is 0.222. The van der Waals surface area contributed by atoms with Gasteiger partial charge in [-0.05, 0) is 30.0 Å². The van der Waals surface area contributed by atoms with E-state index in [0.29, 0.717) is 5.69 Å². The molecule has 2 N–H and O–H groups in total. The molecule has 0 aliphatic carbocycles. The Kier molecular flexibility index (Phi) is 5.42. The van der Waals surface area contributed by atoms with E-state index in [4.69, 9.17) is 5.73 Å². The van der Waals surface area contributed by atoms with E-state index < -0.39 is 0 Å². The highest BCUT2D eigenvalue weighted by molar-refractivity contribution is 8.13. The molecule has 1 aromatic rings. The molecule has 1 aromatic carbocycles. The molecule has 0 fully saturated rings. The SMILES string of the molecule is CN(C)C(=O)Sc1cccc(N)c1.Cl. The van der Waals surface area contributed by atoms with E-state index in [1.807, 2.05) is 12.1 Å². The predicted octanol–water partition coefficient (Wildman–Crippen LogP) is 2.46. The monoisotopic (exact) mass is 232 g/mol. The first-order chi connectivity index (χ1) is 6.09. The summed E-state index contributed by atoms with van der Waals surface area (Å²) < 4.78 is 0. The number of carbonyl (C=O) groups is 1. The van der Waals surface area contributed by atoms with Crippen LogP contribution in [0.1, 0.15) is 0 Å². The van der Waals surface area contributed by atoms with E-state index >= 15 is 0 Å². The van der Waals surface area contributed by atoms with Crippen LogP contribution in [0, 0.1) is 0 Å². The van der Waals surface area contributed by atoms with Crippen molar-refractivity contribution in [2.45, 2.75) is 4.90 Å². The zero-order valence-corrected chi connectivity index (χ0v) is 9.69. The van der Waals surface area contributed by atoms with Crippen LogP contribution in [0.4, 0.5) is 10.5 Å². The van der Waals surface area contributed by atoms with Crippen LogP contribution in [0.25, 0.3) is 0 Å². The molecule has 0 atom stereocenters. The van der Waals surface area contributed by atoms with Gasteiger partial charge >= 0.3 is 0 Å². The van der Waals surface area contributed by atoms with Crippen LogP contribution in [0.3, 0.4) is 0 Å². The Morgan fingerprint density at radius 3 is 2.57 bits per heavy atom. The van der Waals surface area contributed by atoms with Crippen molar-refractivity contribution in [1.82, 2.24) is 4.90 Å². The van der Waals surface area contributed by atoms with Crippen molar-refractivity contribution in [3.8, 4) is 0 Å². The molecule has 0 saturated carbocycles. The third kappa shape index (κ3) is 3.89. The van der Waals surface area contributed by atoms with Crippen molar-refractivity contribution in [3.63, 3.8) is 0 Å². The summed E-state index contributed by atoms with van der Waals surface area (Å²) in [4.78, 5) is 13.7. The van der Waals surface area contributed by atoms with Gasteiger partial charge in [-0.15, -0.1) is 12.4 Å². The van der Waals surface area contributed by atoms with Crippen LogP contribution in [-0.4, -0.2) is 24.2 Å². The lowest BCUT2D eigenvalue weighted by Gasteiger charge is -2.08. The summed E-state index contributed by atoms with van der Waals surface area (Å²) in [7, 11) is 3.45. The number of nitrogens with two attached hydrogens (primary N) is 1. The molecule has 0 spiro atoms. The summed E-state index contributed by atoms with van der Waals surface area (Å²) in [6.07, 6.45) is 0. The third-order valence-corrected chi connectivity index (χ3v) is 2.46. The summed E-state index contributed by atoms with van der Waals surface area (Å²) in [6, 6.07) is 7.28. The molecule has 3 nitrogen and oxygen atoms in total. The molecule has 5 heteroatoms. The third-order valence-electron chi connectivity index (χ3n) is 1.43. The second kappa shape index (κ2) is 5.78. The van der Waals surface area contributed by atoms with E-state index in [1.54, 1.807) is 26.2 Å². The van der Waals surface area contributed by atoms with Gasteiger partial charge in [0, 0.05) is 24.7 Å². The highest BCUT2D eigenvalue weighted by Gasteiger charge is 2.05. The smallest absolute Gasteiger partial charge is 0.285 e. The van der Waals surface area contributed by atoms with Crippen molar-refractivity contribution in [2.75, 3.05) is 19.8 Å². The van der Waals surface area contributed by atoms with E-state index in [-0.39, 0.29) is 17.6 Å². The normalized spacial score (nSPS) is 9.00. The number of nitrogen functional groups attached to an aromatic ring is 1. The lowest BCUT2D eigenvalue weighted by molar-refractivity contribution is 0.241. The molecule has 0 aromatic heterocycles. The fourth-order valence-electron chi connectivity index (χ4n) is 0.770. The van der Waals surface area contributed by atoms with Gasteiger partial charge in [0.2, 0.25) is 0 Å². The Labute approximate surface area is 94.1 Å². The van der Waals surface area contributed by atoms with E-state index in [9.17, 15) is 4.79 Å². The number of halogens is 1. The summed E-state index contributed by atoms with van der Waals surface area (Å²) in [5.74, 6) is 0. The average molecular weight is 233 g/mol. The molecule has 0 heterocycles. The minimum Gasteiger partial charge on any atom is -0.399 e. The highest BCUT2D eigenvalue weighted by atomic mass is 35.5. The van der Waals surface area contributed by atoms with Gasteiger partial charge in [0.15, 0.2) is 0 Å². The summed E-state index contributed by atoms with van der Waals surface area (Å²) in [5.41, 5.74) is 6.25. The van der Waals surface area contributed by atoms with E-state index in [0.717, 1.165) is 4.90 Å². The summed E-state index contributed by atoms with van der Waals surface area (Å²) in [5, 5.41) is 0.00519. The maximum atomic E-state index is 11.3. The first kappa shape index (κ1) is 13.1. The minimum absolute atomic E-state index is 0. The van der Waals surface area contributed by atoms with E-state index in [1.165, 1.54) is 16.7 Å². The largest absolute Gasteiger partial charge is 0.399 e. The molecular formula is C9H13ClN2OS. The van der Waals surface area contributed by atoms with E-state index in [2.05, 4.69) is 0 Å². The fourth-order valence-corrected chi connectivity index (χ4v) is 1.50. The topological polar surface area (TPSA) is 46.3 Å². The van der Waals surface area contributed by atoms with Gasteiger partial charge in [-0.3, -0.25) is 4.79 Å². The molecule has 0 radical (unpaired) electrons. The maximum Gasteiger partial charge on any atom is 0.285 e. The van der Waals surface area contributed by atoms with Crippen LogP contribution >= 0.6 is 24.2 Å². The molecule has 0 saturated heterocycles. The van der Waals surface area contributed by atoms with Crippen molar-refractivity contribution in [2.24, 2.45) is 0 Å². The van der Waals surface area contributed by atoms with Gasteiger partial charge in [0.05, 0.1) is 0 Å². The Morgan fingerprint density at radius 1 is 1.43 bits per heavy atom. The Morgan fingerprint density at radius 2 is 2.07 bits per heavy atom. The lowest BCUT2D eigenvalue weighted by Crippen LogP contribution is -2.15. The molecule has 0 bridgehead atoms. The first-order valence-corrected chi connectivity index (χ1v) is 4.66. The van der Waals surface area contributed by atoms with Gasteiger partial charge < -0.3 is 10.6 Å². The molecule has 78 valence electrons. The van der Waals surface area contributed by atoms with Crippen molar-refractivity contribution in [3.05, 3.63) is 24.3 Å². The van der Waals surface area contributed by atoms with Crippen LogP contribution in [0.15, 0.2) is 29.2 Å². The molecule has 1 amide bonds. The zero-order valence-electron chi connectivity index (χ0n) is 8.06.